The summed E-state index contributed by atoms with van der Waals surface area (Å²) in [4.78, 5) is 12.6. The first-order chi connectivity index (χ1) is 8.53. The van der Waals surface area contributed by atoms with Crippen molar-refractivity contribution in [1.29, 1.82) is 0 Å². The van der Waals surface area contributed by atoms with Gasteiger partial charge >= 0.3 is 0 Å². The molecule has 0 spiro atoms. The van der Waals surface area contributed by atoms with E-state index in [0.717, 1.165) is 31.2 Å². The van der Waals surface area contributed by atoms with E-state index in [-0.39, 0.29) is 5.91 Å². The summed E-state index contributed by atoms with van der Waals surface area (Å²) < 4.78 is 0. The SMILES string of the molecule is Cc1ccc(C(=O)NC2(C(N)=S)CCCC2)cc1. The Morgan fingerprint density at radius 2 is 1.83 bits per heavy atom. The van der Waals surface area contributed by atoms with Crippen LogP contribution in [0, 0.1) is 6.92 Å². The molecule has 0 saturated heterocycles. The zero-order chi connectivity index (χ0) is 13.2. The van der Waals surface area contributed by atoms with E-state index in [0.29, 0.717) is 10.6 Å². The summed E-state index contributed by atoms with van der Waals surface area (Å²) in [5.74, 6) is -0.0929. The van der Waals surface area contributed by atoms with Crippen LogP contribution in [0.1, 0.15) is 41.6 Å². The van der Waals surface area contributed by atoms with Crippen LogP contribution in [0.5, 0.6) is 0 Å². The van der Waals surface area contributed by atoms with Crippen LogP contribution in [0.3, 0.4) is 0 Å². The van der Waals surface area contributed by atoms with Gasteiger partial charge in [0.15, 0.2) is 0 Å². The summed E-state index contributed by atoms with van der Waals surface area (Å²) in [6.07, 6.45) is 3.82. The average molecular weight is 262 g/mol. The molecule has 1 amide bonds. The minimum Gasteiger partial charge on any atom is -0.391 e. The number of benzene rings is 1. The molecule has 1 aliphatic rings. The highest BCUT2D eigenvalue weighted by Crippen LogP contribution is 2.30. The van der Waals surface area contributed by atoms with Gasteiger partial charge in [-0.1, -0.05) is 42.8 Å². The number of carbonyl (C=O) groups is 1. The third-order valence-electron chi connectivity index (χ3n) is 3.60. The summed E-state index contributed by atoms with van der Waals surface area (Å²) in [5.41, 5.74) is 7.12. The summed E-state index contributed by atoms with van der Waals surface area (Å²) in [5, 5.41) is 3.02. The Bertz CT molecular complexity index is 461. The van der Waals surface area contributed by atoms with Gasteiger partial charge in [-0.05, 0) is 31.9 Å². The average Bonchev–Trinajstić information content (AvgIpc) is 2.79. The summed E-state index contributed by atoms with van der Waals surface area (Å²) in [7, 11) is 0. The number of thiocarbonyl (C=S) groups is 1. The first kappa shape index (κ1) is 13.0. The zero-order valence-electron chi connectivity index (χ0n) is 10.5. The van der Waals surface area contributed by atoms with Crippen molar-refractivity contribution in [3.05, 3.63) is 35.4 Å². The number of amides is 1. The van der Waals surface area contributed by atoms with Gasteiger partial charge in [-0.2, -0.15) is 0 Å². The Morgan fingerprint density at radius 3 is 2.33 bits per heavy atom. The van der Waals surface area contributed by atoms with Gasteiger partial charge in [0.25, 0.3) is 5.91 Å². The molecule has 1 fully saturated rings. The second-order valence-electron chi connectivity index (χ2n) is 4.97. The topological polar surface area (TPSA) is 55.1 Å². The normalized spacial score (nSPS) is 17.4. The molecular weight excluding hydrogens is 244 g/mol. The fourth-order valence-corrected chi connectivity index (χ4v) is 2.66. The van der Waals surface area contributed by atoms with Crippen LogP contribution in [-0.2, 0) is 0 Å². The number of rotatable bonds is 3. The first-order valence-electron chi connectivity index (χ1n) is 6.23. The van der Waals surface area contributed by atoms with Crippen LogP contribution >= 0.6 is 12.2 Å². The van der Waals surface area contributed by atoms with E-state index in [1.165, 1.54) is 0 Å². The zero-order valence-corrected chi connectivity index (χ0v) is 11.3. The summed E-state index contributed by atoms with van der Waals surface area (Å²) >= 11 is 5.12. The molecule has 0 aromatic heterocycles. The van der Waals surface area contributed by atoms with Crippen molar-refractivity contribution >= 4 is 23.1 Å². The minimum atomic E-state index is -0.475. The second kappa shape index (κ2) is 5.06. The van der Waals surface area contributed by atoms with Gasteiger partial charge in [-0.3, -0.25) is 4.79 Å². The highest BCUT2D eigenvalue weighted by molar-refractivity contribution is 7.80. The fraction of sp³-hybridized carbons (Fsp3) is 0.429. The van der Waals surface area contributed by atoms with Crippen LogP contribution in [0.4, 0.5) is 0 Å². The van der Waals surface area contributed by atoms with Crippen molar-refractivity contribution in [2.24, 2.45) is 5.73 Å². The molecule has 96 valence electrons. The van der Waals surface area contributed by atoms with E-state index in [1.807, 2.05) is 31.2 Å². The van der Waals surface area contributed by atoms with E-state index in [9.17, 15) is 4.79 Å². The van der Waals surface area contributed by atoms with Crippen molar-refractivity contribution in [3.63, 3.8) is 0 Å². The molecule has 0 radical (unpaired) electrons. The van der Waals surface area contributed by atoms with Crippen LogP contribution in [-0.4, -0.2) is 16.4 Å². The molecule has 3 nitrogen and oxygen atoms in total. The first-order valence-corrected chi connectivity index (χ1v) is 6.63. The van der Waals surface area contributed by atoms with E-state index in [2.05, 4.69) is 5.32 Å². The Balaban J connectivity index is 2.15. The molecule has 0 unspecified atom stereocenters. The van der Waals surface area contributed by atoms with Gasteiger partial charge in [0.1, 0.15) is 0 Å². The molecule has 4 heteroatoms. The van der Waals surface area contributed by atoms with E-state index in [1.54, 1.807) is 0 Å². The predicted octanol–water partition coefficient (Wildman–Crippen LogP) is 2.32. The molecule has 1 aromatic carbocycles. The maximum absolute atomic E-state index is 12.2. The number of carbonyl (C=O) groups excluding carboxylic acids is 1. The molecule has 18 heavy (non-hydrogen) atoms. The van der Waals surface area contributed by atoms with Crippen molar-refractivity contribution in [1.82, 2.24) is 5.32 Å². The van der Waals surface area contributed by atoms with Crippen LogP contribution in [0.15, 0.2) is 24.3 Å². The lowest BCUT2D eigenvalue weighted by Crippen LogP contribution is -2.54. The fourth-order valence-electron chi connectivity index (χ4n) is 2.41. The van der Waals surface area contributed by atoms with Gasteiger partial charge in [0.2, 0.25) is 0 Å². The third kappa shape index (κ3) is 2.53. The smallest absolute Gasteiger partial charge is 0.252 e. The summed E-state index contributed by atoms with van der Waals surface area (Å²) in [6, 6.07) is 7.51. The number of aryl methyl sites for hydroxylation is 1. The molecule has 0 atom stereocenters. The van der Waals surface area contributed by atoms with Gasteiger partial charge < -0.3 is 11.1 Å². The predicted molar refractivity (Wildman–Crippen MR) is 76.6 cm³/mol. The lowest BCUT2D eigenvalue weighted by molar-refractivity contribution is 0.0924. The molecule has 0 bridgehead atoms. The second-order valence-corrected chi connectivity index (χ2v) is 5.41. The maximum atomic E-state index is 12.2. The molecule has 0 aliphatic heterocycles. The van der Waals surface area contributed by atoms with Gasteiger partial charge in [0, 0.05) is 5.56 Å². The molecule has 2 rings (SSSR count). The minimum absolute atomic E-state index is 0.0929. The van der Waals surface area contributed by atoms with Gasteiger partial charge in [-0.25, -0.2) is 0 Å². The van der Waals surface area contributed by atoms with E-state index < -0.39 is 5.54 Å². The molecular formula is C14H18N2OS. The van der Waals surface area contributed by atoms with Crippen molar-refractivity contribution in [2.75, 3.05) is 0 Å². The van der Waals surface area contributed by atoms with Gasteiger partial charge in [-0.15, -0.1) is 0 Å². The Hall–Kier alpha value is -1.42. The maximum Gasteiger partial charge on any atom is 0.252 e. The monoisotopic (exact) mass is 262 g/mol. The molecule has 1 aliphatic carbocycles. The highest BCUT2D eigenvalue weighted by atomic mass is 32.1. The Kier molecular flexibility index (Phi) is 3.66. The van der Waals surface area contributed by atoms with E-state index >= 15 is 0 Å². The number of nitrogens with two attached hydrogens (primary N) is 1. The number of hydrogen-bond donors (Lipinski definition) is 2. The number of hydrogen-bond acceptors (Lipinski definition) is 2. The van der Waals surface area contributed by atoms with Crippen LogP contribution in [0.2, 0.25) is 0 Å². The number of nitrogens with one attached hydrogen (secondary N) is 1. The molecule has 1 aromatic rings. The van der Waals surface area contributed by atoms with Crippen molar-refractivity contribution in [3.8, 4) is 0 Å². The van der Waals surface area contributed by atoms with E-state index in [4.69, 9.17) is 18.0 Å². The van der Waals surface area contributed by atoms with Crippen LogP contribution < -0.4 is 11.1 Å². The Labute approximate surface area is 113 Å². The molecule has 1 saturated carbocycles. The van der Waals surface area contributed by atoms with Crippen molar-refractivity contribution < 1.29 is 4.79 Å². The molecule has 3 N–H and O–H groups in total. The lowest BCUT2D eigenvalue weighted by Gasteiger charge is -2.29. The standard InChI is InChI=1S/C14H18N2OS/c1-10-4-6-11(7-5-10)12(17)16-14(13(15)18)8-2-3-9-14/h4-7H,2-3,8-9H2,1H3,(H2,15,18)(H,16,17). The largest absolute Gasteiger partial charge is 0.391 e. The third-order valence-corrected chi connectivity index (χ3v) is 3.99. The lowest BCUT2D eigenvalue weighted by atomic mass is 9.97. The van der Waals surface area contributed by atoms with Crippen molar-refractivity contribution in [2.45, 2.75) is 38.1 Å². The van der Waals surface area contributed by atoms with Gasteiger partial charge in [0.05, 0.1) is 10.5 Å². The summed E-state index contributed by atoms with van der Waals surface area (Å²) in [6.45, 7) is 2.00. The Morgan fingerprint density at radius 1 is 1.28 bits per heavy atom. The quantitative estimate of drug-likeness (QED) is 0.822. The highest BCUT2D eigenvalue weighted by Gasteiger charge is 2.38. The molecule has 0 heterocycles. The van der Waals surface area contributed by atoms with Crippen LogP contribution in [0.25, 0.3) is 0 Å².